The van der Waals surface area contributed by atoms with E-state index in [4.69, 9.17) is 9.47 Å². The predicted octanol–water partition coefficient (Wildman–Crippen LogP) is 2.42. The van der Waals surface area contributed by atoms with Crippen molar-refractivity contribution in [2.24, 2.45) is 11.8 Å². The van der Waals surface area contributed by atoms with Gasteiger partial charge in [0.15, 0.2) is 0 Å². The highest BCUT2D eigenvalue weighted by atomic mass is 32.2. The van der Waals surface area contributed by atoms with Gasteiger partial charge in [0, 0.05) is 53.6 Å². The largest absolute Gasteiger partial charge is 0.456 e. The maximum absolute atomic E-state index is 13.3. The molecule has 0 unspecified atom stereocenters. The normalized spacial score (nSPS) is 22.7. The summed E-state index contributed by atoms with van der Waals surface area (Å²) in [5.41, 5.74) is 1.63. The number of nitrogens with zero attached hydrogens (tertiary/aromatic N) is 3. The summed E-state index contributed by atoms with van der Waals surface area (Å²) in [5, 5.41) is 27.9. The number of nitrogens with one attached hydrogen (secondary N) is 1. The number of nitro benzene ring substituents is 1. The molecule has 1 amide bonds. The van der Waals surface area contributed by atoms with Crippen molar-refractivity contribution in [3.05, 3.63) is 68.5 Å². The number of hydrogen-bond donors (Lipinski definition) is 2. The zero-order valence-corrected chi connectivity index (χ0v) is 20.9. The van der Waals surface area contributed by atoms with E-state index >= 15 is 0 Å². The third-order valence-corrected chi connectivity index (χ3v) is 7.93. The van der Waals surface area contributed by atoms with E-state index < -0.39 is 22.9 Å². The molecule has 12 heteroatoms. The third-order valence-electron chi connectivity index (χ3n) is 6.47. The summed E-state index contributed by atoms with van der Waals surface area (Å²) in [6, 6.07) is 7.26. The van der Waals surface area contributed by atoms with Crippen LogP contribution in [0.3, 0.4) is 0 Å². The molecule has 11 nitrogen and oxygen atoms in total. The number of rotatable bonds is 11. The summed E-state index contributed by atoms with van der Waals surface area (Å²) in [5.74, 6) is -1.74. The Hall–Kier alpha value is -3.22. The summed E-state index contributed by atoms with van der Waals surface area (Å²) in [6.07, 6.45) is 1.43. The minimum Gasteiger partial charge on any atom is -0.456 e. The number of aromatic amines is 1. The summed E-state index contributed by atoms with van der Waals surface area (Å²) < 4.78 is 11.0. The highest BCUT2D eigenvalue weighted by molar-refractivity contribution is 8.03. The summed E-state index contributed by atoms with van der Waals surface area (Å²) in [6.45, 7) is 3.83. The second-order valence-corrected chi connectivity index (χ2v) is 10.3. The minimum absolute atomic E-state index is 0.0595. The van der Waals surface area contributed by atoms with Gasteiger partial charge in [-0.1, -0.05) is 6.92 Å². The maximum atomic E-state index is 13.3. The molecule has 36 heavy (non-hydrogen) atoms. The Bertz CT molecular complexity index is 1150. The fourth-order valence-electron chi connectivity index (χ4n) is 4.74. The van der Waals surface area contributed by atoms with Crippen LogP contribution in [0.25, 0.3) is 0 Å². The van der Waals surface area contributed by atoms with Crippen LogP contribution in [0.5, 0.6) is 0 Å². The Labute approximate surface area is 212 Å². The van der Waals surface area contributed by atoms with Gasteiger partial charge in [-0.25, -0.2) is 4.79 Å². The molecule has 0 bridgehead atoms. The lowest BCUT2D eigenvalue weighted by Crippen LogP contribution is -2.63. The number of benzene rings is 1. The number of fused-ring (bicyclic) bond motifs is 1. The van der Waals surface area contributed by atoms with Crippen molar-refractivity contribution in [3.8, 4) is 0 Å². The molecule has 0 spiro atoms. The highest BCUT2D eigenvalue weighted by Crippen LogP contribution is 2.51. The molecule has 1 aromatic heterocycles. The zero-order chi connectivity index (χ0) is 26.0. The van der Waals surface area contributed by atoms with E-state index in [9.17, 15) is 24.8 Å². The Kier molecular flexibility index (Phi) is 7.76. The molecule has 0 aliphatic carbocycles. The van der Waals surface area contributed by atoms with Gasteiger partial charge in [0.05, 0.1) is 29.6 Å². The second-order valence-electron chi connectivity index (χ2n) is 8.95. The molecular weight excluding hydrogens is 488 g/mol. The number of non-ortho nitro benzene ring substituents is 1. The van der Waals surface area contributed by atoms with Crippen molar-refractivity contribution < 1.29 is 29.1 Å². The summed E-state index contributed by atoms with van der Waals surface area (Å²) in [7, 11) is 1.60. The van der Waals surface area contributed by atoms with E-state index in [1.165, 1.54) is 40.9 Å². The third kappa shape index (κ3) is 5.01. The number of aliphatic hydroxyl groups is 1. The average Bonchev–Trinajstić information content (AvgIpc) is 3.43. The molecule has 192 valence electrons. The molecule has 5 atom stereocenters. The fraction of sp³-hybridized carbons (Fsp3) is 0.458. The lowest BCUT2D eigenvalue weighted by molar-refractivity contribution is -0.384. The first-order valence-corrected chi connectivity index (χ1v) is 12.4. The number of H-pyrrole nitrogens is 1. The molecule has 1 aromatic carbocycles. The monoisotopic (exact) mass is 516 g/mol. The number of amides is 1. The van der Waals surface area contributed by atoms with Crippen LogP contribution in [0.15, 0.2) is 47.1 Å². The average molecular weight is 517 g/mol. The van der Waals surface area contributed by atoms with Crippen molar-refractivity contribution in [1.82, 2.24) is 15.1 Å². The number of esters is 1. The Morgan fingerprint density at radius 3 is 2.64 bits per heavy atom. The number of carbonyl (C=O) groups is 2. The van der Waals surface area contributed by atoms with Crippen molar-refractivity contribution in [2.45, 2.75) is 44.3 Å². The molecule has 1 fully saturated rings. The van der Waals surface area contributed by atoms with Crippen molar-refractivity contribution in [3.63, 3.8) is 0 Å². The standard InChI is InChI=1S/C24H28N4O7S/c1-13-20-19(14(2)29)23(30)27(20)21(22(13)36-18(12-34-3)10-16-8-9-25-26-16)24(31)35-11-15-4-6-17(7-5-15)28(32)33/h4-9,13-14,18-20,29H,10-12H2,1-3H3,(H,25,26)/t13-,14-,18-,19-,20-/m1/s1. The van der Waals surface area contributed by atoms with Crippen LogP contribution in [0.1, 0.15) is 25.1 Å². The van der Waals surface area contributed by atoms with E-state index in [-0.39, 0.29) is 41.1 Å². The van der Waals surface area contributed by atoms with E-state index in [1.54, 1.807) is 20.2 Å². The van der Waals surface area contributed by atoms with Gasteiger partial charge in [-0.15, -0.1) is 11.8 Å². The highest BCUT2D eigenvalue weighted by Gasteiger charge is 2.60. The SMILES string of the molecule is COC[C@@H](Cc1ccn[nH]1)SC1=C(C(=O)OCc2ccc([N+](=O)[O-])cc2)N2C(=O)[C@H]([C@@H](C)O)[C@H]2[C@H]1C. The van der Waals surface area contributed by atoms with Gasteiger partial charge in [-0.3, -0.25) is 20.0 Å². The quantitative estimate of drug-likeness (QED) is 0.199. The van der Waals surface area contributed by atoms with Crippen LogP contribution < -0.4 is 0 Å². The minimum atomic E-state index is -0.845. The van der Waals surface area contributed by atoms with Gasteiger partial charge in [-0.05, 0) is 30.7 Å². The Balaban J connectivity index is 1.58. The molecular formula is C24H28N4O7S. The van der Waals surface area contributed by atoms with Crippen molar-refractivity contribution >= 4 is 29.3 Å². The van der Waals surface area contributed by atoms with Gasteiger partial charge >= 0.3 is 5.97 Å². The molecule has 2 N–H and O–H groups in total. The van der Waals surface area contributed by atoms with Crippen molar-refractivity contribution in [1.29, 1.82) is 0 Å². The van der Waals surface area contributed by atoms with E-state index in [2.05, 4.69) is 10.2 Å². The fourth-order valence-corrected chi connectivity index (χ4v) is 6.22. The number of hydrogen-bond acceptors (Lipinski definition) is 9. The van der Waals surface area contributed by atoms with E-state index in [0.29, 0.717) is 23.5 Å². The van der Waals surface area contributed by atoms with E-state index in [1.807, 2.05) is 13.0 Å². The molecule has 3 heterocycles. The second kappa shape index (κ2) is 10.8. The number of methoxy groups -OCH3 is 1. The predicted molar refractivity (Wildman–Crippen MR) is 130 cm³/mol. The van der Waals surface area contributed by atoms with Crippen LogP contribution >= 0.6 is 11.8 Å². The number of ether oxygens (including phenoxy) is 2. The molecule has 2 aliphatic heterocycles. The molecule has 0 saturated carbocycles. The van der Waals surface area contributed by atoms with Crippen molar-refractivity contribution in [2.75, 3.05) is 13.7 Å². The lowest BCUT2D eigenvalue weighted by atomic mass is 9.79. The molecule has 1 saturated heterocycles. The number of β-lactam (4-membered cyclic amide) rings is 1. The van der Waals surface area contributed by atoms with Crippen LogP contribution in [0.4, 0.5) is 5.69 Å². The summed E-state index contributed by atoms with van der Waals surface area (Å²) in [4.78, 5) is 38.8. The van der Waals surface area contributed by atoms with Gasteiger partial charge in [0.25, 0.3) is 5.69 Å². The number of aliphatic hydroxyl groups excluding tert-OH is 1. The van der Waals surface area contributed by atoms with E-state index in [0.717, 1.165) is 5.69 Å². The van der Waals surface area contributed by atoms with Gasteiger partial charge in [0.2, 0.25) is 5.91 Å². The molecule has 0 radical (unpaired) electrons. The van der Waals surface area contributed by atoms with Gasteiger partial charge < -0.3 is 19.5 Å². The van der Waals surface area contributed by atoms with Crippen LogP contribution in [0, 0.1) is 22.0 Å². The van der Waals surface area contributed by atoms with Crippen LogP contribution in [-0.2, 0) is 32.1 Å². The smallest absolute Gasteiger partial charge is 0.356 e. The molecule has 2 aliphatic rings. The zero-order valence-electron chi connectivity index (χ0n) is 20.1. The lowest BCUT2D eigenvalue weighted by Gasteiger charge is -2.46. The number of aromatic nitrogens is 2. The van der Waals surface area contributed by atoms with Gasteiger partial charge in [0.1, 0.15) is 12.3 Å². The Morgan fingerprint density at radius 2 is 2.06 bits per heavy atom. The van der Waals surface area contributed by atoms with Gasteiger partial charge in [-0.2, -0.15) is 5.10 Å². The van der Waals surface area contributed by atoms with Crippen LogP contribution in [-0.4, -0.2) is 68.1 Å². The number of nitro groups is 1. The number of carbonyl (C=O) groups excluding carboxylic acids is 2. The first kappa shape index (κ1) is 25.9. The Morgan fingerprint density at radius 1 is 1.33 bits per heavy atom. The number of thioether (sulfide) groups is 1. The first-order valence-electron chi connectivity index (χ1n) is 11.5. The topological polar surface area (TPSA) is 148 Å². The first-order chi connectivity index (χ1) is 17.2. The maximum Gasteiger partial charge on any atom is 0.356 e. The van der Waals surface area contributed by atoms with Crippen LogP contribution in [0.2, 0.25) is 0 Å². The molecule has 4 rings (SSSR count). The summed E-state index contributed by atoms with van der Waals surface area (Å²) >= 11 is 1.47. The molecule has 2 aromatic rings.